The molecular formula is C33H43N5O5S. The second kappa shape index (κ2) is 15.1. The second-order valence-corrected chi connectivity index (χ2v) is 12.6. The lowest BCUT2D eigenvalue weighted by Gasteiger charge is -2.38. The molecule has 44 heavy (non-hydrogen) atoms. The van der Waals surface area contributed by atoms with E-state index in [0.29, 0.717) is 45.7 Å². The fraction of sp³-hybridized carbons (Fsp3) is 0.515. The lowest BCUT2D eigenvalue weighted by Crippen LogP contribution is -2.57. The number of amides is 3. The highest BCUT2D eigenvalue weighted by Crippen LogP contribution is 2.40. The molecule has 3 amide bonds. The van der Waals surface area contributed by atoms with E-state index in [1.807, 2.05) is 23.1 Å². The monoisotopic (exact) mass is 621 g/mol. The van der Waals surface area contributed by atoms with Crippen molar-refractivity contribution in [2.45, 2.75) is 50.7 Å². The van der Waals surface area contributed by atoms with Crippen LogP contribution in [0, 0.1) is 5.92 Å². The summed E-state index contributed by atoms with van der Waals surface area (Å²) < 4.78 is 11.5. The van der Waals surface area contributed by atoms with Gasteiger partial charge in [-0.1, -0.05) is 42.5 Å². The standard InChI is InChI=1S/C33H43N5O5S/c1-22(34-2)31(40)35-29(24-14-17-37(18-15-24)28(39)21-43-20-19-42-3)33(41)38-16-8-12-26(38)32-36-30-25(11-7-13-27(30)44-32)23-9-5-4-6-10-23/h4-7,9-11,13,22,24,26,29,34H,8,12,14-21H2,1-3H3,(H,35,40)/t22-,26-,29-/m0/s1. The fourth-order valence-corrected chi connectivity index (χ4v) is 7.23. The van der Waals surface area contributed by atoms with Crippen molar-refractivity contribution in [1.82, 2.24) is 25.4 Å². The molecule has 0 bridgehead atoms. The maximum Gasteiger partial charge on any atom is 0.248 e. The van der Waals surface area contributed by atoms with Crippen LogP contribution in [0.5, 0.6) is 0 Å². The number of nitrogens with zero attached hydrogens (tertiary/aromatic N) is 3. The van der Waals surface area contributed by atoms with Gasteiger partial charge in [-0.25, -0.2) is 4.98 Å². The number of rotatable bonds is 12. The molecular weight excluding hydrogens is 578 g/mol. The summed E-state index contributed by atoms with van der Waals surface area (Å²) in [6.45, 7) is 4.25. The molecule has 10 nitrogen and oxygen atoms in total. The molecule has 3 aromatic rings. The number of likely N-dealkylation sites (tertiary alicyclic amines) is 2. The molecule has 2 saturated heterocycles. The number of benzene rings is 2. The summed E-state index contributed by atoms with van der Waals surface area (Å²) in [4.78, 5) is 48.9. The first-order valence-electron chi connectivity index (χ1n) is 15.5. The fourth-order valence-electron chi connectivity index (χ4n) is 6.09. The first-order chi connectivity index (χ1) is 21.4. The van der Waals surface area contributed by atoms with Crippen molar-refractivity contribution in [3.63, 3.8) is 0 Å². The van der Waals surface area contributed by atoms with Crippen molar-refractivity contribution in [3.8, 4) is 11.1 Å². The van der Waals surface area contributed by atoms with Gasteiger partial charge in [0.2, 0.25) is 17.7 Å². The Morgan fingerprint density at radius 1 is 1.02 bits per heavy atom. The van der Waals surface area contributed by atoms with Gasteiger partial charge in [0.1, 0.15) is 17.7 Å². The van der Waals surface area contributed by atoms with Gasteiger partial charge >= 0.3 is 0 Å². The van der Waals surface area contributed by atoms with Gasteiger partial charge in [-0.05, 0) is 57.2 Å². The van der Waals surface area contributed by atoms with Gasteiger partial charge in [0, 0.05) is 32.3 Å². The van der Waals surface area contributed by atoms with Gasteiger partial charge in [0.25, 0.3) is 0 Å². The van der Waals surface area contributed by atoms with Crippen LogP contribution in [0.25, 0.3) is 21.3 Å². The molecule has 1 aromatic heterocycles. The SMILES string of the molecule is CN[C@@H](C)C(=O)N[C@H](C(=O)N1CCC[C@H]1c1nc2c(-c3ccccc3)cccc2s1)C1CCN(C(=O)COCCOC)CC1. The quantitative estimate of drug-likeness (QED) is 0.297. The molecule has 3 atom stereocenters. The van der Waals surface area contributed by atoms with Gasteiger partial charge in [0.05, 0.1) is 35.5 Å². The van der Waals surface area contributed by atoms with E-state index >= 15 is 0 Å². The van der Waals surface area contributed by atoms with Gasteiger partial charge in [-0.3, -0.25) is 14.4 Å². The number of ether oxygens (including phenoxy) is 2. The number of carbonyl (C=O) groups excluding carboxylic acids is 3. The minimum absolute atomic E-state index is 0.0103. The first-order valence-corrected chi connectivity index (χ1v) is 16.3. The number of aromatic nitrogens is 1. The van der Waals surface area contributed by atoms with Crippen molar-refractivity contribution < 1.29 is 23.9 Å². The molecule has 5 rings (SSSR count). The largest absolute Gasteiger partial charge is 0.382 e. The van der Waals surface area contributed by atoms with Gasteiger partial charge in [-0.2, -0.15) is 0 Å². The van der Waals surface area contributed by atoms with Crippen LogP contribution in [0.2, 0.25) is 0 Å². The van der Waals surface area contributed by atoms with Gasteiger partial charge in [0.15, 0.2) is 0 Å². The number of fused-ring (bicyclic) bond motifs is 1. The predicted molar refractivity (Wildman–Crippen MR) is 171 cm³/mol. The van der Waals surface area contributed by atoms with Crippen LogP contribution in [0.1, 0.15) is 43.7 Å². The normalized spacial score (nSPS) is 18.8. The summed E-state index contributed by atoms with van der Waals surface area (Å²) in [5.41, 5.74) is 3.15. The average molecular weight is 622 g/mol. The Morgan fingerprint density at radius 2 is 1.80 bits per heavy atom. The molecule has 0 radical (unpaired) electrons. The van der Waals surface area contributed by atoms with Gasteiger partial charge < -0.3 is 29.9 Å². The number of nitrogens with one attached hydrogen (secondary N) is 2. The summed E-state index contributed by atoms with van der Waals surface area (Å²) in [6.07, 6.45) is 2.94. The molecule has 0 spiro atoms. The predicted octanol–water partition coefficient (Wildman–Crippen LogP) is 3.62. The molecule has 236 valence electrons. The Hall–Kier alpha value is -3.38. The van der Waals surface area contributed by atoms with E-state index < -0.39 is 12.1 Å². The van der Waals surface area contributed by atoms with E-state index in [9.17, 15) is 14.4 Å². The summed E-state index contributed by atoms with van der Waals surface area (Å²) in [5.74, 6) is -0.436. The summed E-state index contributed by atoms with van der Waals surface area (Å²) in [5, 5.41) is 6.99. The van der Waals surface area contributed by atoms with E-state index in [0.717, 1.165) is 39.2 Å². The zero-order valence-corrected chi connectivity index (χ0v) is 26.6. The highest BCUT2D eigenvalue weighted by Gasteiger charge is 2.41. The van der Waals surface area contributed by atoms with Crippen LogP contribution in [0.3, 0.4) is 0 Å². The number of hydrogen-bond donors (Lipinski definition) is 2. The zero-order chi connectivity index (χ0) is 31.1. The third kappa shape index (κ3) is 7.28. The number of hydrogen-bond acceptors (Lipinski definition) is 8. The third-order valence-electron chi connectivity index (χ3n) is 8.75. The number of para-hydroxylation sites is 1. The Kier molecular flexibility index (Phi) is 11.0. The van der Waals surface area contributed by atoms with Crippen molar-refractivity contribution in [3.05, 3.63) is 53.5 Å². The van der Waals surface area contributed by atoms with Crippen LogP contribution >= 0.6 is 11.3 Å². The van der Waals surface area contributed by atoms with Crippen LogP contribution in [0.15, 0.2) is 48.5 Å². The molecule has 2 aromatic carbocycles. The maximum absolute atomic E-state index is 14.4. The van der Waals surface area contributed by atoms with Gasteiger partial charge in [-0.15, -0.1) is 11.3 Å². The van der Waals surface area contributed by atoms with E-state index in [2.05, 4.69) is 41.0 Å². The molecule has 2 aliphatic heterocycles. The number of thiazole rings is 1. The topological polar surface area (TPSA) is 113 Å². The van der Waals surface area contributed by atoms with Crippen LogP contribution in [0.4, 0.5) is 0 Å². The smallest absolute Gasteiger partial charge is 0.248 e. The van der Waals surface area contributed by atoms with Crippen LogP contribution in [-0.4, -0.2) is 98.2 Å². The highest BCUT2D eigenvalue weighted by molar-refractivity contribution is 7.18. The van der Waals surface area contributed by atoms with E-state index in [1.54, 1.807) is 37.3 Å². The molecule has 0 aliphatic carbocycles. The molecule has 11 heteroatoms. The summed E-state index contributed by atoms with van der Waals surface area (Å²) >= 11 is 1.64. The maximum atomic E-state index is 14.4. The molecule has 2 aliphatic rings. The Balaban J connectivity index is 1.33. The second-order valence-electron chi connectivity index (χ2n) is 11.5. The van der Waals surface area contributed by atoms with Crippen LogP contribution < -0.4 is 10.6 Å². The number of likely N-dealkylation sites (N-methyl/N-ethyl adjacent to an activating group) is 1. The molecule has 3 heterocycles. The van der Waals surface area contributed by atoms with Crippen molar-refractivity contribution in [1.29, 1.82) is 0 Å². The summed E-state index contributed by atoms with van der Waals surface area (Å²) in [7, 11) is 3.32. The van der Waals surface area contributed by atoms with Crippen molar-refractivity contribution in [2.24, 2.45) is 5.92 Å². The molecule has 0 saturated carbocycles. The minimum Gasteiger partial charge on any atom is -0.382 e. The Morgan fingerprint density at radius 3 is 2.52 bits per heavy atom. The number of piperidine rings is 1. The third-order valence-corrected chi connectivity index (χ3v) is 9.87. The zero-order valence-electron chi connectivity index (χ0n) is 25.8. The average Bonchev–Trinajstić information content (AvgIpc) is 3.73. The lowest BCUT2D eigenvalue weighted by molar-refractivity contribution is -0.141. The minimum atomic E-state index is -0.677. The molecule has 2 N–H and O–H groups in total. The number of carbonyl (C=O) groups is 3. The molecule has 0 unspecified atom stereocenters. The van der Waals surface area contributed by atoms with Crippen LogP contribution in [-0.2, 0) is 23.9 Å². The number of methoxy groups -OCH3 is 1. The highest BCUT2D eigenvalue weighted by atomic mass is 32.1. The summed E-state index contributed by atoms with van der Waals surface area (Å²) in [6, 6.07) is 15.2. The van der Waals surface area contributed by atoms with E-state index in [-0.39, 0.29) is 36.3 Å². The van der Waals surface area contributed by atoms with E-state index in [4.69, 9.17) is 14.5 Å². The van der Waals surface area contributed by atoms with E-state index in [1.165, 1.54) is 0 Å². The molecule has 2 fully saturated rings. The lowest BCUT2D eigenvalue weighted by atomic mass is 9.88. The van der Waals surface area contributed by atoms with Crippen molar-refractivity contribution in [2.75, 3.05) is 53.6 Å². The van der Waals surface area contributed by atoms with Crippen molar-refractivity contribution >= 4 is 39.3 Å². The Bertz CT molecular complexity index is 1420. The first kappa shape index (κ1) is 32.0. The Labute approximate surface area is 263 Å².